The van der Waals surface area contributed by atoms with Crippen LogP contribution >= 0.6 is 0 Å². The summed E-state index contributed by atoms with van der Waals surface area (Å²) in [4.78, 5) is 21.2. The van der Waals surface area contributed by atoms with Crippen LogP contribution < -0.4 is 11.3 Å². The van der Waals surface area contributed by atoms with E-state index < -0.39 is 11.4 Å². The number of hydrogen-bond donors (Lipinski definition) is 3. The molecule has 11 heavy (non-hydrogen) atoms. The van der Waals surface area contributed by atoms with Crippen molar-refractivity contribution in [1.29, 1.82) is 0 Å². The van der Waals surface area contributed by atoms with E-state index >= 15 is 0 Å². The predicted octanol–water partition coefficient (Wildman–Crippen LogP) is -0.769. The van der Waals surface area contributed by atoms with Crippen LogP contribution in [0.25, 0.3) is 0 Å². The average molecular weight is 158 g/mol. The second-order valence-corrected chi connectivity index (χ2v) is 2.82. The second-order valence-electron chi connectivity index (χ2n) is 2.82. The topological polar surface area (TPSA) is 92.4 Å². The molecule has 0 aliphatic heterocycles. The lowest BCUT2D eigenvalue weighted by Crippen LogP contribution is -2.38. The number of rotatable bonds is 3. The van der Waals surface area contributed by atoms with Gasteiger partial charge in [-0.25, -0.2) is 5.84 Å². The Morgan fingerprint density at radius 2 is 2.09 bits per heavy atom. The monoisotopic (exact) mass is 158 g/mol. The van der Waals surface area contributed by atoms with E-state index in [4.69, 9.17) is 10.9 Å². The van der Waals surface area contributed by atoms with Crippen LogP contribution in [0, 0.1) is 5.41 Å². The molecule has 0 saturated heterocycles. The summed E-state index contributed by atoms with van der Waals surface area (Å²) in [6, 6.07) is 0. The van der Waals surface area contributed by atoms with Gasteiger partial charge in [-0.15, -0.1) is 0 Å². The molecule has 1 fully saturated rings. The summed E-state index contributed by atoms with van der Waals surface area (Å²) in [5, 5.41) is 8.41. The number of nitrogens with one attached hydrogen (secondary N) is 1. The normalized spacial score (nSPS) is 19.0. The van der Waals surface area contributed by atoms with E-state index in [-0.39, 0.29) is 12.3 Å². The second kappa shape index (κ2) is 2.50. The first-order valence-electron chi connectivity index (χ1n) is 3.33. The number of nitrogens with two attached hydrogens (primary N) is 1. The number of carbonyl (C=O) groups is 2. The number of carboxylic acid groups (broad SMARTS) is 1. The Balaban J connectivity index is 2.53. The van der Waals surface area contributed by atoms with Crippen LogP contribution in [-0.2, 0) is 9.59 Å². The minimum absolute atomic E-state index is 0.115. The maximum atomic E-state index is 10.9. The Morgan fingerprint density at radius 3 is 2.36 bits per heavy atom. The fourth-order valence-electron chi connectivity index (χ4n) is 1.08. The zero-order valence-electron chi connectivity index (χ0n) is 5.96. The maximum absolute atomic E-state index is 10.9. The first-order chi connectivity index (χ1) is 5.10. The molecule has 4 N–H and O–H groups in total. The van der Waals surface area contributed by atoms with Crippen molar-refractivity contribution in [2.24, 2.45) is 11.3 Å². The van der Waals surface area contributed by atoms with Crippen LogP contribution in [0.4, 0.5) is 0 Å². The van der Waals surface area contributed by atoms with Crippen molar-refractivity contribution < 1.29 is 14.7 Å². The van der Waals surface area contributed by atoms with Crippen LogP contribution in [0.1, 0.15) is 19.3 Å². The van der Waals surface area contributed by atoms with Crippen molar-refractivity contribution >= 4 is 11.9 Å². The lowest BCUT2D eigenvalue weighted by Gasteiger charge is -2.08. The quantitative estimate of drug-likeness (QED) is 0.285. The molecule has 1 saturated carbocycles. The van der Waals surface area contributed by atoms with E-state index in [0.29, 0.717) is 12.8 Å². The van der Waals surface area contributed by atoms with Gasteiger partial charge in [0.2, 0.25) is 5.91 Å². The van der Waals surface area contributed by atoms with Crippen LogP contribution in [0.2, 0.25) is 0 Å². The summed E-state index contributed by atoms with van der Waals surface area (Å²) in [5.74, 6) is 3.57. The van der Waals surface area contributed by atoms with Gasteiger partial charge >= 0.3 is 5.97 Å². The van der Waals surface area contributed by atoms with Gasteiger partial charge < -0.3 is 5.11 Å². The number of aliphatic carboxylic acids is 1. The zero-order chi connectivity index (χ0) is 8.48. The molecule has 0 aromatic rings. The first-order valence-corrected chi connectivity index (χ1v) is 3.33. The van der Waals surface area contributed by atoms with Crippen molar-refractivity contribution in [1.82, 2.24) is 5.43 Å². The third-order valence-corrected chi connectivity index (χ3v) is 1.96. The van der Waals surface area contributed by atoms with Crippen LogP contribution in [0.3, 0.4) is 0 Å². The van der Waals surface area contributed by atoms with Crippen molar-refractivity contribution in [3.8, 4) is 0 Å². The molecule has 0 spiro atoms. The molecule has 1 rings (SSSR count). The van der Waals surface area contributed by atoms with Crippen LogP contribution in [-0.4, -0.2) is 17.0 Å². The van der Waals surface area contributed by atoms with Crippen LogP contribution in [0.15, 0.2) is 0 Å². The van der Waals surface area contributed by atoms with E-state index in [0.717, 1.165) is 0 Å². The molecule has 0 aromatic heterocycles. The first kappa shape index (κ1) is 8.00. The minimum Gasteiger partial charge on any atom is -0.481 e. The number of hydrogen-bond acceptors (Lipinski definition) is 3. The van der Waals surface area contributed by atoms with Gasteiger partial charge in [-0.3, -0.25) is 15.0 Å². The van der Waals surface area contributed by atoms with Crippen molar-refractivity contribution in [3.63, 3.8) is 0 Å². The molecule has 1 amide bonds. The molecule has 0 unspecified atom stereocenters. The number of carbonyl (C=O) groups excluding carboxylic acids is 1. The largest absolute Gasteiger partial charge is 0.481 e. The summed E-state index contributed by atoms with van der Waals surface area (Å²) >= 11 is 0. The highest BCUT2D eigenvalue weighted by Gasteiger charge is 2.51. The average Bonchev–Trinajstić information content (AvgIpc) is 2.67. The maximum Gasteiger partial charge on any atom is 0.304 e. The molecule has 1 aliphatic carbocycles. The highest BCUT2D eigenvalue weighted by atomic mass is 16.4. The zero-order valence-corrected chi connectivity index (χ0v) is 5.96. The Bertz CT molecular complexity index is 198. The molecule has 5 heteroatoms. The molecule has 0 aromatic carbocycles. The summed E-state index contributed by atoms with van der Waals surface area (Å²) in [6.07, 6.45) is 1.14. The highest BCUT2D eigenvalue weighted by Crippen LogP contribution is 2.48. The third-order valence-electron chi connectivity index (χ3n) is 1.96. The van der Waals surface area contributed by atoms with Gasteiger partial charge in [0.25, 0.3) is 0 Å². The van der Waals surface area contributed by atoms with Gasteiger partial charge in [-0.1, -0.05) is 0 Å². The van der Waals surface area contributed by atoms with Crippen molar-refractivity contribution in [2.45, 2.75) is 19.3 Å². The molecule has 0 heterocycles. The molecule has 62 valence electrons. The fourth-order valence-corrected chi connectivity index (χ4v) is 1.08. The van der Waals surface area contributed by atoms with Gasteiger partial charge in [0.1, 0.15) is 0 Å². The van der Waals surface area contributed by atoms with Gasteiger partial charge in [0, 0.05) is 0 Å². The molecule has 0 atom stereocenters. The van der Waals surface area contributed by atoms with E-state index in [9.17, 15) is 9.59 Å². The molecule has 0 bridgehead atoms. The summed E-state index contributed by atoms with van der Waals surface area (Å²) in [7, 11) is 0. The van der Waals surface area contributed by atoms with E-state index in [2.05, 4.69) is 0 Å². The number of amides is 1. The summed E-state index contributed by atoms with van der Waals surface area (Å²) < 4.78 is 0. The lowest BCUT2D eigenvalue weighted by molar-refractivity contribution is -0.142. The minimum atomic E-state index is -0.953. The van der Waals surface area contributed by atoms with E-state index in [1.807, 2.05) is 5.43 Å². The van der Waals surface area contributed by atoms with Crippen molar-refractivity contribution in [2.75, 3.05) is 0 Å². The molecule has 5 nitrogen and oxygen atoms in total. The SMILES string of the molecule is NNC(=O)C1(CC(=O)O)CC1. The summed E-state index contributed by atoms with van der Waals surface area (Å²) in [5.41, 5.74) is 1.28. The Hall–Kier alpha value is -1.10. The molecular formula is C6H10N2O3. The Labute approximate surface area is 63.5 Å². The Morgan fingerprint density at radius 1 is 1.55 bits per heavy atom. The van der Waals surface area contributed by atoms with Crippen molar-refractivity contribution in [3.05, 3.63) is 0 Å². The van der Waals surface area contributed by atoms with Gasteiger partial charge in [-0.2, -0.15) is 0 Å². The highest BCUT2D eigenvalue weighted by molar-refractivity contribution is 5.88. The fraction of sp³-hybridized carbons (Fsp3) is 0.667. The standard InChI is InChI=1S/C6H10N2O3/c7-8-5(11)6(1-2-6)3-4(9)10/h1-3,7H2,(H,8,11)(H,9,10). The van der Waals surface area contributed by atoms with Gasteiger partial charge in [-0.05, 0) is 12.8 Å². The number of hydrazine groups is 1. The number of carboxylic acids is 1. The smallest absolute Gasteiger partial charge is 0.304 e. The lowest BCUT2D eigenvalue weighted by atomic mass is 10.0. The van der Waals surface area contributed by atoms with E-state index in [1.54, 1.807) is 0 Å². The molecule has 0 radical (unpaired) electrons. The van der Waals surface area contributed by atoms with Crippen LogP contribution in [0.5, 0.6) is 0 Å². The van der Waals surface area contributed by atoms with Gasteiger partial charge in [0.05, 0.1) is 11.8 Å². The van der Waals surface area contributed by atoms with E-state index in [1.165, 1.54) is 0 Å². The van der Waals surface area contributed by atoms with Gasteiger partial charge in [0.15, 0.2) is 0 Å². The Kier molecular flexibility index (Phi) is 1.82. The molecular weight excluding hydrogens is 148 g/mol. The molecule has 1 aliphatic rings. The predicted molar refractivity (Wildman–Crippen MR) is 36.2 cm³/mol. The third kappa shape index (κ3) is 1.48. The summed E-state index contributed by atoms with van der Waals surface area (Å²) in [6.45, 7) is 0.